The molecule has 4 unspecified atom stereocenters. The number of nitrogens with one attached hydrogen (secondary N) is 2. The van der Waals surface area contributed by atoms with Gasteiger partial charge in [-0.1, -0.05) is 51.5 Å². The Morgan fingerprint density at radius 1 is 0.897 bits per heavy atom. The second kappa shape index (κ2) is 16.5. The van der Waals surface area contributed by atoms with Crippen molar-refractivity contribution in [1.29, 1.82) is 0 Å². The van der Waals surface area contributed by atoms with Gasteiger partial charge in [-0.25, -0.2) is 0 Å². The van der Waals surface area contributed by atoms with Crippen LogP contribution < -0.4 is 34.3 Å². The van der Waals surface area contributed by atoms with Gasteiger partial charge in [0.15, 0.2) is 23.5 Å². The van der Waals surface area contributed by atoms with E-state index in [9.17, 15) is 20.4 Å². The molecule has 6 N–H and O–H groups in total. The highest BCUT2D eigenvalue weighted by atomic mass is 16.5. The average Bonchev–Trinajstić information content (AvgIpc) is 3.22. The number of aliphatic hydroxyl groups excluding tert-OH is 3. The Hall–Kier alpha value is -4.68. The summed E-state index contributed by atoms with van der Waals surface area (Å²) in [7, 11) is 3.16. The van der Waals surface area contributed by atoms with Gasteiger partial charge in [0, 0.05) is 71.4 Å². The third kappa shape index (κ3) is 7.20. The predicted molar refractivity (Wildman–Crippen MR) is 223 cm³/mol. The van der Waals surface area contributed by atoms with Crippen LogP contribution in [0.1, 0.15) is 116 Å². The van der Waals surface area contributed by atoms with Crippen LogP contribution in [0.15, 0.2) is 48.5 Å². The van der Waals surface area contributed by atoms with Gasteiger partial charge < -0.3 is 49.4 Å². The smallest absolute Gasteiger partial charge is 0.200 e. The number of fused-ring (bicyclic) bond motifs is 2. The highest BCUT2D eigenvalue weighted by molar-refractivity contribution is 5.93. The summed E-state index contributed by atoms with van der Waals surface area (Å²) in [4.78, 5) is 0. The van der Waals surface area contributed by atoms with Gasteiger partial charge in [-0.3, -0.25) is 5.32 Å². The zero-order chi connectivity index (χ0) is 40.7. The zero-order valence-electron chi connectivity index (χ0n) is 34.3. The molecular weight excluding hydrogens is 737 g/mol. The van der Waals surface area contributed by atoms with Crippen molar-refractivity contribution in [1.82, 2.24) is 5.32 Å². The lowest BCUT2D eigenvalue weighted by atomic mass is 9.74. The topological polar surface area (TPSA) is 151 Å². The highest BCUT2D eigenvalue weighted by Gasteiger charge is 2.43. The Bertz CT molecular complexity index is 2140. The van der Waals surface area contributed by atoms with Crippen molar-refractivity contribution < 1.29 is 44.1 Å². The van der Waals surface area contributed by atoms with Gasteiger partial charge in [-0.15, -0.1) is 0 Å². The summed E-state index contributed by atoms with van der Waals surface area (Å²) in [6, 6.07) is 15.5. The number of hydrogen-bond acceptors (Lipinski definition) is 11. The van der Waals surface area contributed by atoms with Crippen molar-refractivity contribution in [3.8, 4) is 45.6 Å². The molecule has 58 heavy (non-hydrogen) atoms. The highest BCUT2D eigenvalue weighted by Crippen LogP contribution is 2.58. The lowest BCUT2D eigenvalue weighted by molar-refractivity contribution is -0.00334. The van der Waals surface area contributed by atoms with E-state index in [1.807, 2.05) is 24.3 Å². The van der Waals surface area contributed by atoms with Gasteiger partial charge in [0.1, 0.15) is 17.2 Å². The molecular formula is C47H58N2O9. The number of benzene rings is 4. The number of rotatable bonds is 14. The summed E-state index contributed by atoms with van der Waals surface area (Å²) in [5, 5.41) is 52.7. The van der Waals surface area contributed by atoms with Crippen LogP contribution in [0.25, 0.3) is 11.1 Å². The van der Waals surface area contributed by atoms with E-state index in [0.717, 1.165) is 72.2 Å². The molecule has 4 atom stereocenters. The van der Waals surface area contributed by atoms with Crippen LogP contribution in [-0.2, 0) is 19.3 Å². The molecule has 11 heteroatoms. The second-order valence-corrected chi connectivity index (χ2v) is 16.6. The van der Waals surface area contributed by atoms with E-state index in [4.69, 9.17) is 23.7 Å². The van der Waals surface area contributed by atoms with E-state index in [0.29, 0.717) is 59.1 Å². The van der Waals surface area contributed by atoms with Crippen LogP contribution in [0.4, 0.5) is 5.69 Å². The molecule has 2 aliphatic carbocycles. The fourth-order valence-corrected chi connectivity index (χ4v) is 9.85. The van der Waals surface area contributed by atoms with Crippen molar-refractivity contribution in [2.24, 2.45) is 5.92 Å². The summed E-state index contributed by atoms with van der Waals surface area (Å²) < 4.78 is 31.3. The van der Waals surface area contributed by atoms with Crippen LogP contribution in [-0.4, -0.2) is 66.7 Å². The monoisotopic (exact) mass is 794 g/mol. The fraction of sp³-hybridized carbons (Fsp3) is 0.489. The summed E-state index contributed by atoms with van der Waals surface area (Å²) >= 11 is 0. The zero-order valence-corrected chi connectivity index (χ0v) is 34.3. The van der Waals surface area contributed by atoms with Crippen LogP contribution in [0.5, 0.6) is 34.5 Å². The van der Waals surface area contributed by atoms with Gasteiger partial charge in [0.05, 0.1) is 39.1 Å². The van der Waals surface area contributed by atoms with Gasteiger partial charge >= 0.3 is 0 Å². The van der Waals surface area contributed by atoms with Crippen molar-refractivity contribution >= 4 is 5.69 Å². The van der Waals surface area contributed by atoms with Crippen molar-refractivity contribution in [3.63, 3.8) is 0 Å². The number of aromatic hydroxyl groups is 1. The fourth-order valence-electron chi connectivity index (χ4n) is 9.85. The molecule has 0 saturated heterocycles. The van der Waals surface area contributed by atoms with Gasteiger partial charge in [0.25, 0.3) is 0 Å². The van der Waals surface area contributed by atoms with Crippen LogP contribution in [0.2, 0.25) is 0 Å². The molecule has 0 bridgehead atoms. The minimum Gasteiger partial charge on any atom is -0.502 e. The predicted octanol–water partition coefficient (Wildman–Crippen LogP) is 7.80. The molecule has 1 fully saturated rings. The number of hydrogen-bond donors (Lipinski definition) is 6. The van der Waals surface area contributed by atoms with E-state index in [1.165, 1.54) is 12.7 Å². The first-order valence-electron chi connectivity index (χ1n) is 21.0. The number of aliphatic hydroxyl groups is 3. The lowest BCUT2D eigenvalue weighted by Gasteiger charge is -2.42. The minimum absolute atomic E-state index is 0.0875. The maximum absolute atomic E-state index is 12.4. The molecule has 310 valence electrons. The standard InChI is InChI=1S/C47H58N2O9/c1-6-48-47(16-10-7-11-17-47)58-37-22-35(54-4)31-14-15-32-40-34(49-46(53)43(37)42(31)40)21-36-41(32)44(51)33(25-57-36)29-19-38(55-5)45(52)39(20-29)56-24-27(23-50)18-28-12-8-9-13-30(28)26(2)3/h8-9,12-13,19-22,26-27,33,44,46,48-53H,6-7,10-11,14-18,23-25H2,1-5H3. The molecule has 11 nitrogen and oxygen atoms in total. The number of phenolic OH excluding ortho intramolecular Hbond substituents is 1. The Morgan fingerprint density at radius 2 is 1.64 bits per heavy atom. The van der Waals surface area contributed by atoms with Crippen LogP contribution >= 0.6 is 0 Å². The van der Waals surface area contributed by atoms with E-state index >= 15 is 0 Å². The Balaban J connectivity index is 1.13. The van der Waals surface area contributed by atoms with Gasteiger partial charge in [-0.2, -0.15) is 0 Å². The van der Waals surface area contributed by atoms with Crippen LogP contribution in [0.3, 0.4) is 0 Å². The second-order valence-electron chi connectivity index (χ2n) is 16.6. The van der Waals surface area contributed by atoms with E-state index in [2.05, 4.69) is 43.5 Å². The largest absolute Gasteiger partial charge is 0.502 e. The molecule has 4 aliphatic rings. The summed E-state index contributed by atoms with van der Waals surface area (Å²) in [6.45, 7) is 7.39. The lowest BCUT2D eigenvalue weighted by Crippen LogP contribution is -2.51. The van der Waals surface area contributed by atoms with Crippen molar-refractivity contribution in [3.05, 3.63) is 87.5 Å². The van der Waals surface area contributed by atoms with E-state index in [-0.39, 0.29) is 43.0 Å². The number of phenols is 1. The third-order valence-electron chi connectivity index (χ3n) is 12.7. The van der Waals surface area contributed by atoms with Crippen LogP contribution in [0, 0.1) is 5.92 Å². The first kappa shape index (κ1) is 40.1. The van der Waals surface area contributed by atoms with Crippen molar-refractivity contribution in [2.75, 3.05) is 45.9 Å². The maximum Gasteiger partial charge on any atom is 0.200 e. The van der Waals surface area contributed by atoms with Crippen molar-refractivity contribution in [2.45, 2.75) is 102 Å². The Kier molecular flexibility index (Phi) is 11.4. The molecule has 1 saturated carbocycles. The molecule has 2 heterocycles. The Labute approximate surface area is 341 Å². The molecule has 0 amide bonds. The third-order valence-corrected chi connectivity index (χ3v) is 12.7. The van der Waals surface area contributed by atoms with E-state index < -0.39 is 24.0 Å². The SMILES string of the molecule is CCNC1(Oc2cc(OC)c3c4c2C(O)Nc2cc5c(c(c2-4)CC3)C(O)C(c2cc(OC)c(O)c(OCC(CO)Cc3ccccc3C(C)C)c2)CO5)CCCCC1. The Morgan fingerprint density at radius 3 is 2.36 bits per heavy atom. The molecule has 0 radical (unpaired) electrons. The maximum atomic E-state index is 12.4. The molecule has 8 rings (SSSR count). The number of methoxy groups -OCH3 is 2. The van der Waals surface area contributed by atoms with E-state index in [1.54, 1.807) is 19.2 Å². The first-order chi connectivity index (χ1) is 28.1. The normalized spacial score (nSPS) is 20.6. The molecule has 4 aromatic rings. The molecule has 0 aromatic heterocycles. The molecule has 2 aliphatic heterocycles. The summed E-state index contributed by atoms with van der Waals surface area (Å²) in [5.41, 5.74) is 8.38. The number of anilines is 1. The number of ether oxygens (including phenoxy) is 5. The van der Waals surface area contributed by atoms with Gasteiger partial charge in [-0.05, 0) is 79.0 Å². The summed E-state index contributed by atoms with van der Waals surface area (Å²) in [5.74, 6) is 1.73. The summed E-state index contributed by atoms with van der Waals surface area (Å²) in [6.07, 6.45) is 4.88. The average molecular weight is 795 g/mol. The first-order valence-corrected chi connectivity index (χ1v) is 21.0. The van der Waals surface area contributed by atoms with Gasteiger partial charge in [0.2, 0.25) is 5.75 Å². The molecule has 4 aromatic carbocycles. The minimum atomic E-state index is -1.03. The quantitative estimate of drug-likeness (QED) is 0.0694. The molecule has 0 spiro atoms.